The van der Waals surface area contributed by atoms with Crippen molar-refractivity contribution in [3.63, 3.8) is 0 Å². The predicted molar refractivity (Wildman–Crippen MR) is 21.6 cm³/mol. The van der Waals surface area contributed by atoms with E-state index < -0.39 is 0 Å². The molecular formula is CH5CaI8NPbTi. The van der Waals surface area contributed by atoms with Crippen LogP contribution in [0, 0.1) is 0 Å². The van der Waals surface area contributed by atoms with Gasteiger partial charge in [-0.05, 0) is 7.05 Å². The van der Waals surface area contributed by atoms with Gasteiger partial charge in [0.15, 0.2) is 0 Å². The van der Waals surface area contributed by atoms with E-state index in [0.717, 1.165) is 0 Å². The number of hydrogen-bond donors (Lipinski definition) is 1. The Labute approximate surface area is 283 Å². The van der Waals surface area contributed by atoms with Crippen LogP contribution in [0.25, 0.3) is 0 Å². The molecule has 0 aliphatic rings. The molecule has 0 amide bonds. The van der Waals surface area contributed by atoms with Gasteiger partial charge in [0.2, 0.25) is 0 Å². The molecule has 0 bridgehead atoms. The molecule has 0 atom stereocenters. The summed E-state index contributed by atoms with van der Waals surface area (Å²) in [7, 11) is 1.50. The fourth-order valence-electron chi connectivity index (χ4n) is 0. The summed E-state index contributed by atoms with van der Waals surface area (Å²) in [6, 6.07) is 0. The number of halogens is 8. The van der Waals surface area contributed by atoms with Crippen LogP contribution in [0.5, 0.6) is 0 Å². The van der Waals surface area contributed by atoms with Crippen molar-refractivity contribution in [2.24, 2.45) is 5.73 Å². The van der Waals surface area contributed by atoms with Gasteiger partial charge in [0.1, 0.15) is 0 Å². The van der Waals surface area contributed by atoms with Gasteiger partial charge in [0.05, 0.1) is 0 Å². The second kappa shape index (κ2) is 106. The molecule has 0 aromatic rings. The van der Waals surface area contributed by atoms with Gasteiger partial charge >= 0.3 is 86.8 Å². The maximum Gasteiger partial charge on any atom is 4.00 e. The molecule has 0 aromatic heterocycles. The van der Waals surface area contributed by atoms with Crippen molar-refractivity contribution in [1.82, 2.24) is 0 Å². The monoisotopic (exact) mass is 1340 g/mol. The van der Waals surface area contributed by atoms with Crippen molar-refractivity contribution in [2.45, 2.75) is 0 Å². The van der Waals surface area contributed by atoms with Gasteiger partial charge in [0.25, 0.3) is 0 Å². The van der Waals surface area contributed by atoms with E-state index in [1.54, 1.807) is 0 Å². The van der Waals surface area contributed by atoms with Crippen LogP contribution >= 0.6 is 0 Å². The minimum absolute atomic E-state index is 0. The van der Waals surface area contributed by atoms with Crippen LogP contribution in [0.15, 0.2) is 0 Å². The Bertz CT molecular complexity index is 24.1. The molecule has 0 aliphatic carbocycles. The molecule has 0 saturated carbocycles. The van der Waals surface area contributed by atoms with Gasteiger partial charge in [-0.3, -0.25) is 0 Å². The van der Waals surface area contributed by atoms with Crippen molar-refractivity contribution in [2.75, 3.05) is 7.05 Å². The first-order valence-corrected chi connectivity index (χ1v) is 0.577. The molecule has 2 N–H and O–H groups in total. The van der Waals surface area contributed by atoms with Crippen molar-refractivity contribution < 1.29 is 214 Å². The summed E-state index contributed by atoms with van der Waals surface area (Å²) in [5.41, 5.74) is 4.50. The summed E-state index contributed by atoms with van der Waals surface area (Å²) < 4.78 is 0. The molecule has 0 aliphatic heterocycles. The third-order valence-corrected chi connectivity index (χ3v) is 0. The van der Waals surface area contributed by atoms with Crippen LogP contribution in [0.1, 0.15) is 0 Å². The van der Waals surface area contributed by atoms with E-state index in [1.807, 2.05) is 0 Å². The Morgan fingerprint density at radius 1 is 0.538 bits per heavy atom. The fourth-order valence-corrected chi connectivity index (χ4v) is 0. The van der Waals surface area contributed by atoms with E-state index in [1.165, 1.54) is 7.05 Å². The predicted octanol–water partition coefficient (Wildman–Crippen LogP) is -25.2. The van der Waals surface area contributed by atoms with Crippen LogP contribution in [0.3, 0.4) is 0 Å². The smallest absolute Gasteiger partial charge is 1.00 e. The summed E-state index contributed by atoms with van der Waals surface area (Å²) in [6.07, 6.45) is 0. The van der Waals surface area contributed by atoms with Crippen LogP contribution in [0.2, 0.25) is 0 Å². The maximum atomic E-state index is 4.50. The maximum absolute atomic E-state index is 4.50. The van der Waals surface area contributed by atoms with E-state index >= 15 is 0 Å². The molecule has 80 valence electrons. The summed E-state index contributed by atoms with van der Waals surface area (Å²) in [4.78, 5) is 0. The minimum atomic E-state index is 0. The second-order valence-corrected chi connectivity index (χ2v) is 0. The largest absolute Gasteiger partial charge is 4.00 e. The molecule has 0 aromatic carbocycles. The molecule has 0 spiro atoms. The SMILES string of the molecule is CN.[Ca+2].[I-].[I-].[I-].[I-].[I-].[I-].[I-].[I-].[Pb+2].[Ti+4]. The van der Waals surface area contributed by atoms with E-state index in [-0.39, 0.29) is 279 Å². The first-order valence-electron chi connectivity index (χ1n) is 0.577. The van der Waals surface area contributed by atoms with Crippen molar-refractivity contribution in [3.05, 3.63) is 0 Å². The summed E-state index contributed by atoms with van der Waals surface area (Å²) in [5.74, 6) is 0. The van der Waals surface area contributed by atoms with E-state index in [4.69, 9.17) is 0 Å². The topological polar surface area (TPSA) is 26.0 Å². The number of hydrogen-bond acceptors (Lipinski definition) is 1. The quantitative estimate of drug-likeness (QED) is 0.190. The van der Waals surface area contributed by atoms with Gasteiger partial charge in [-0.25, -0.2) is 0 Å². The van der Waals surface area contributed by atoms with Gasteiger partial charge in [-0.2, -0.15) is 0 Å². The molecule has 1 nitrogen and oxygen atoms in total. The Morgan fingerprint density at radius 3 is 0.538 bits per heavy atom. The summed E-state index contributed by atoms with van der Waals surface area (Å²) in [6.45, 7) is 0. The van der Waals surface area contributed by atoms with Crippen LogP contribution in [-0.2, 0) is 21.7 Å². The van der Waals surface area contributed by atoms with Crippen LogP contribution < -0.4 is 198 Å². The third-order valence-electron chi connectivity index (χ3n) is 0. The van der Waals surface area contributed by atoms with Gasteiger partial charge < -0.3 is 198 Å². The third kappa shape index (κ3) is 95.7. The number of rotatable bonds is 0. The van der Waals surface area contributed by atoms with Crippen molar-refractivity contribution in [1.29, 1.82) is 0 Å². The molecule has 0 rings (SSSR count). The Balaban J connectivity index is -0.0000000000909. The minimum Gasteiger partial charge on any atom is -1.00 e. The molecule has 0 heterocycles. The van der Waals surface area contributed by atoms with E-state index in [2.05, 4.69) is 5.73 Å². The molecule has 12 heteroatoms. The second-order valence-electron chi connectivity index (χ2n) is 0. The molecule has 0 fully saturated rings. The normalized spacial score (nSPS) is 0.462. The molecule has 2 radical (unpaired) electrons. The first kappa shape index (κ1) is 98.8. The summed E-state index contributed by atoms with van der Waals surface area (Å²) >= 11 is 0. The first-order chi connectivity index (χ1) is 1.00. The van der Waals surface area contributed by atoms with Gasteiger partial charge in [0, 0.05) is 0 Å². The Hall–Kier alpha value is 8.70. The van der Waals surface area contributed by atoms with Crippen molar-refractivity contribution in [3.8, 4) is 0 Å². The van der Waals surface area contributed by atoms with Gasteiger partial charge in [-0.15, -0.1) is 0 Å². The summed E-state index contributed by atoms with van der Waals surface area (Å²) in [5, 5.41) is 0. The van der Waals surface area contributed by atoms with E-state index in [0.29, 0.717) is 0 Å². The zero-order chi connectivity index (χ0) is 2.00. The van der Waals surface area contributed by atoms with Crippen molar-refractivity contribution >= 4 is 65.0 Å². The standard InChI is InChI=1S/CH5N.Ca.8HI.Pb.Ti/c1-2;;;;;;;;;;;/h2H2,1H3;;8*1H;;/q;+2;;;;;;;;;+2;+4/p-8. The Kier molecular flexibility index (Phi) is 807. The van der Waals surface area contributed by atoms with Crippen LogP contribution in [0.4, 0.5) is 0 Å². The molecule has 13 heavy (non-hydrogen) atoms. The molecule has 0 saturated heterocycles. The molecular weight excluding hydrogens is 1340 g/mol. The zero-order valence-electron chi connectivity index (χ0n) is 6.31. The average molecular weight is 1340 g/mol. The zero-order valence-corrected chi connectivity index (χ0v) is 31.2. The van der Waals surface area contributed by atoms with E-state index in [9.17, 15) is 0 Å². The van der Waals surface area contributed by atoms with Crippen LogP contribution in [-0.4, -0.2) is 72.1 Å². The number of nitrogens with two attached hydrogens (primary N) is 1. The molecule has 0 unspecified atom stereocenters. The Morgan fingerprint density at radius 2 is 0.538 bits per heavy atom. The fraction of sp³-hybridized carbons (Fsp3) is 1.00. The van der Waals surface area contributed by atoms with Gasteiger partial charge in [-0.1, -0.05) is 0 Å². The average Bonchev–Trinajstić information content (AvgIpc) is 1.00.